The molecule has 4 nitrogen and oxygen atoms in total. The molecule has 4 heteroatoms. The van der Waals surface area contributed by atoms with Crippen LogP contribution in [0.3, 0.4) is 0 Å². The highest BCUT2D eigenvalue weighted by Gasteiger charge is 2.11. The smallest absolute Gasteiger partial charge is 0.118 e. The van der Waals surface area contributed by atoms with E-state index in [-0.39, 0.29) is 0 Å². The van der Waals surface area contributed by atoms with Crippen molar-refractivity contribution in [2.75, 3.05) is 27.3 Å². The summed E-state index contributed by atoms with van der Waals surface area (Å²) in [6, 6.07) is 4.47. The molecule has 17 heavy (non-hydrogen) atoms. The lowest BCUT2D eigenvalue weighted by atomic mass is 10.3. The molecule has 0 spiro atoms. The van der Waals surface area contributed by atoms with Crippen LogP contribution >= 0.6 is 0 Å². The SMILES string of the molecule is CCNCc1ccc(CN(C)C(C)COC)o1. The molecule has 1 N–H and O–H groups in total. The van der Waals surface area contributed by atoms with Crippen molar-refractivity contribution in [1.29, 1.82) is 0 Å². The average molecular weight is 240 g/mol. The molecule has 0 aromatic carbocycles. The second kappa shape index (κ2) is 7.48. The summed E-state index contributed by atoms with van der Waals surface area (Å²) in [5, 5.41) is 3.25. The van der Waals surface area contributed by atoms with Crippen LogP contribution in [0.15, 0.2) is 16.5 Å². The zero-order valence-corrected chi connectivity index (χ0v) is 11.3. The van der Waals surface area contributed by atoms with Gasteiger partial charge in [0.15, 0.2) is 0 Å². The Morgan fingerprint density at radius 3 is 2.76 bits per heavy atom. The molecule has 1 aromatic heterocycles. The summed E-state index contributed by atoms with van der Waals surface area (Å²) in [5.74, 6) is 2.00. The third-order valence-corrected chi connectivity index (χ3v) is 2.83. The van der Waals surface area contributed by atoms with Crippen LogP contribution in [0.2, 0.25) is 0 Å². The zero-order chi connectivity index (χ0) is 12.7. The fourth-order valence-corrected chi connectivity index (χ4v) is 1.62. The van der Waals surface area contributed by atoms with E-state index >= 15 is 0 Å². The molecule has 1 atom stereocenters. The summed E-state index contributed by atoms with van der Waals surface area (Å²) in [5.41, 5.74) is 0. The Bertz CT molecular complexity index is 312. The van der Waals surface area contributed by atoms with E-state index in [1.165, 1.54) is 0 Å². The van der Waals surface area contributed by atoms with Crippen molar-refractivity contribution >= 4 is 0 Å². The van der Waals surface area contributed by atoms with Crippen LogP contribution in [0.1, 0.15) is 25.4 Å². The number of nitrogens with one attached hydrogen (secondary N) is 1. The molecular weight excluding hydrogens is 216 g/mol. The second-order valence-electron chi connectivity index (χ2n) is 4.37. The predicted octanol–water partition coefficient (Wildman–Crippen LogP) is 1.86. The molecule has 0 aliphatic rings. The molecule has 1 rings (SSSR count). The van der Waals surface area contributed by atoms with E-state index in [9.17, 15) is 0 Å². The summed E-state index contributed by atoms with van der Waals surface area (Å²) >= 11 is 0. The number of hydrogen-bond donors (Lipinski definition) is 1. The van der Waals surface area contributed by atoms with E-state index in [2.05, 4.69) is 31.1 Å². The molecule has 1 aromatic rings. The number of ether oxygens (including phenoxy) is 1. The molecular formula is C13H24N2O2. The minimum atomic E-state index is 0.391. The number of methoxy groups -OCH3 is 1. The predicted molar refractivity (Wildman–Crippen MR) is 68.9 cm³/mol. The maximum atomic E-state index is 5.74. The minimum absolute atomic E-state index is 0.391. The van der Waals surface area contributed by atoms with E-state index in [0.29, 0.717) is 6.04 Å². The van der Waals surface area contributed by atoms with Crippen molar-refractivity contribution in [2.45, 2.75) is 33.0 Å². The van der Waals surface area contributed by atoms with Gasteiger partial charge in [-0.25, -0.2) is 0 Å². The lowest BCUT2D eigenvalue weighted by Gasteiger charge is -2.22. The highest BCUT2D eigenvalue weighted by Crippen LogP contribution is 2.11. The first kappa shape index (κ1) is 14.2. The number of rotatable bonds is 8. The average Bonchev–Trinajstić information content (AvgIpc) is 2.74. The van der Waals surface area contributed by atoms with Crippen LogP contribution in [0, 0.1) is 0 Å². The van der Waals surface area contributed by atoms with Gasteiger partial charge in [-0.15, -0.1) is 0 Å². The number of furan rings is 1. The summed E-state index contributed by atoms with van der Waals surface area (Å²) < 4.78 is 10.9. The van der Waals surface area contributed by atoms with Gasteiger partial charge < -0.3 is 14.5 Å². The topological polar surface area (TPSA) is 37.6 Å². The highest BCUT2D eigenvalue weighted by molar-refractivity contribution is 5.07. The van der Waals surface area contributed by atoms with Crippen molar-refractivity contribution in [3.63, 3.8) is 0 Å². The molecule has 98 valence electrons. The van der Waals surface area contributed by atoms with Gasteiger partial charge >= 0.3 is 0 Å². The van der Waals surface area contributed by atoms with Crippen molar-refractivity contribution in [3.8, 4) is 0 Å². The van der Waals surface area contributed by atoms with Gasteiger partial charge in [0.05, 0.1) is 19.7 Å². The lowest BCUT2D eigenvalue weighted by molar-refractivity contribution is 0.107. The molecule has 0 fully saturated rings. The van der Waals surface area contributed by atoms with Gasteiger partial charge in [-0.2, -0.15) is 0 Å². The molecule has 0 saturated carbocycles. The van der Waals surface area contributed by atoms with E-state index in [1.807, 2.05) is 12.1 Å². The van der Waals surface area contributed by atoms with Gasteiger partial charge in [0.1, 0.15) is 11.5 Å². The van der Waals surface area contributed by atoms with Crippen LogP contribution in [-0.4, -0.2) is 38.3 Å². The number of hydrogen-bond acceptors (Lipinski definition) is 4. The largest absolute Gasteiger partial charge is 0.463 e. The van der Waals surface area contributed by atoms with E-state index in [0.717, 1.165) is 37.8 Å². The van der Waals surface area contributed by atoms with E-state index in [4.69, 9.17) is 9.15 Å². The summed E-state index contributed by atoms with van der Waals surface area (Å²) in [6.45, 7) is 7.54. The normalized spacial score (nSPS) is 13.2. The van der Waals surface area contributed by atoms with Gasteiger partial charge in [-0.3, -0.25) is 4.90 Å². The van der Waals surface area contributed by atoms with Gasteiger partial charge in [0.25, 0.3) is 0 Å². The van der Waals surface area contributed by atoms with E-state index in [1.54, 1.807) is 7.11 Å². The molecule has 0 aliphatic carbocycles. The Kier molecular flexibility index (Phi) is 6.26. The van der Waals surface area contributed by atoms with Crippen molar-refractivity contribution in [3.05, 3.63) is 23.7 Å². The van der Waals surface area contributed by atoms with Crippen LogP contribution in [-0.2, 0) is 17.8 Å². The minimum Gasteiger partial charge on any atom is -0.463 e. The van der Waals surface area contributed by atoms with E-state index < -0.39 is 0 Å². The highest BCUT2D eigenvalue weighted by atomic mass is 16.5. The molecule has 0 aliphatic heterocycles. The molecule has 0 saturated heterocycles. The first-order valence-corrected chi connectivity index (χ1v) is 6.14. The Balaban J connectivity index is 2.42. The van der Waals surface area contributed by atoms with Gasteiger partial charge in [-0.1, -0.05) is 6.92 Å². The third-order valence-electron chi connectivity index (χ3n) is 2.83. The quantitative estimate of drug-likeness (QED) is 0.752. The summed E-state index contributed by atoms with van der Waals surface area (Å²) in [4.78, 5) is 2.22. The summed E-state index contributed by atoms with van der Waals surface area (Å²) in [7, 11) is 3.81. The molecule has 0 radical (unpaired) electrons. The maximum Gasteiger partial charge on any atom is 0.118 e. The Morgan fingerprint density at radius 2 is 2.12 bits per heavy atom. The molecule has 0 amide bonds. The van der Waals surface area contributed by atoms with Gasteiger partial charge in [0.2, 0.25) is 0 Å². The molecule has 1 unspecified atom stereocenters. The Morgan fingerprint density at radius 1 is 1.41 bits per heavy atom. The van der Waals surface area contributed by atoms with Crippen molar-refractivity contribution in [1.82, 2.24) is 10.2 Å². The maximum absolute atomic E-state index is 5.74. The second-order valence-corrected chi connectivity index (χ2v) is 4.37. The summed E-state index contributed by atoms with van der Waals surface area (Å²) in [6.07, 6.45) is 0. The van der Waals surface area contributed by atoms with Crippen molar-refractivity contribution in [2.24, 2.45) is 0 Å². The fourth-order valence-electron chi connectivity index (χ4n) is 1.62. The Hall–Kier alpha value is -0.840. The monoisotopic (exact) mass is 240 g/mol. The number of likely N-dealkylation sites (N-methyl/N-ethyl adjacent to an activating group) is 1. The van der Waals surface area contributed by atoms with Gasteiger partial charge in [-0.05, 0) is 32.6 Å². The standard InChI is InChI=1S/C13H24N2O2/c1-5-14-8-12-6-7-13(17-12)9-15(3)11(2)10-16-4/h6-7,11,14H,5,8-10H2,1-4H3. The molecule has 0 bridgehead atoms. The van der Waals surface area contributed by atoms with Crippen LogP contribution < -0.4 is 5.32 Å². The molecule has 1 heterocycles. The van der Waals surface area contributed by atoms with Crippen LogP contribution in [0.4, 0.5) is 0 Å². The van der Waals surface area contributed by atoms with Crippen LogP contribution in [0.5, 0.6) is 0 Å². The zero-order valence-electron chi connectivity index (χ0n) is 11.3. The first-order chi connectivity index (χ1) is 8.17. The Labute approximate surface area is 104 Å². The number of nitrogens with zero attached hydrogens (tertiary/aromatic N) is 1. The van der Waals surface area contributed by atoms with Gasteiger partial charge in [0, 0.05) is 13.2 Å². The first-order valence-electron chi connectivity index (χ1n) is 6.14. The third kappa shape index (κ3) is 4.89. The van der Waals surface area contributed by atoms with Crippen LogP contribution in [0.25, 0.3) is 0 Å². The fraction of sp³-hybridized carbons (Fsp3) is 0.692. The van der Waals surface area contributed by atoms with Crippen molar-refractivity contribution < 1.29 is 9.15 Å². The lowest BCUT2D eigenvalue weighted by Crippen LogP contribution is -2.31.